The van der Waals surface area contributed by atoms with E-state index in [2.05, 4.69) is 16.9 Å². The molecule has 0 saturated heterocycles. The van der Waals surface area contributed by atoms with Crippen molar-refractivity contribution in [1.82, 2.24) is 4.98 Å². The molecule has 2 N–H and O–H groups in total. The molecule has 1 aromatic rings. The van der Waals surface area contributed by atoms with E-state index in [1.54, 1.807) is 6.20 Å². The predicted octanol–water partition coefficient (Wildman–Crippen LogP) is 1.51. The summed E-state index contributed by atoms with van der Waals surface area (Å²) in [6, 6.07) is 3.76. The highest BCUT2D eigenvalue weighted by atomic mass is 15.2. The fourth-order valence-corrected chi connectivity index (χ4v) is 1.50. The summed E-state index contributed by atoms with van der Waals surface area (Å²) < 4.78 is 0. The highest BCUT2D eigenvalue weighted by Crippen LogP contribution is 2.31. The number of hydrogen-bond donors (Lipinski definition) is 1. The second-order valence-corrected chi connectivity index (χ2v) is 3.74. The van der Waals surface area contributed by atoms with Crippen LogP contribution in [0.4, 0.5) is 11.5 Å². The summed E-state index contributed by atoms with van der Waals surface area (Å²) in [4.78, 5) is 6.41. The van der Waals surface area contributed by atoms with E-state index in [-0.39, 0.29) is 0 Å². The number of anilines is 2. The number of nitrogens with zero attached hydrogens (tertiary/aromatic N) is 2. The van der Waals surface area contributed by atoms with E-state index in [9.17, 15) is 0 Å². The van der Waals surface area contributed by atoms with Crippen molar-refractivity contribution in [3.8, 4) is 0 Å². The van der Waals surface area contributed by atoms with Crippen molar-refractivity contribution in [2.24, 2.45) is 5.92 Å². The molecule has 0 atom stereocenters. The maximum absolute atomic E-state index is 5.81. The molecule has 13 heavy (non-hydrogen) atoms. The number of hydrogen-bond acceptors (Lipinski definition) is 3. The lowest BCUT2D eigenvalue weighted by atomic mass is 10.3. The zero-order valence-electron chi connectivity index (χ0n) is 7.90. The van der Waals surface area contributed by atoms with Crippen LogP contribution in [0.3, 0.4) is 0 Å². The Kier molecular flexibility index (Phi) is 2.08. The van der Waals surface area contributed by atoms with Gasteiger partial charge in [0.2, 0.25) is 0 Å². The van der Waals surface area contributed by atoms with Crippen molar-refractivity contribution in [3.63, 3.8) is 0 Å². The Morgan fingerprint density at radius 1 is 1.62 bits per heavy atom. The van der Waals surface area contributed by atoms with E-state index in [1.807, 2.05) is 12.1 Å². The first-order chi connectivity index (χ1) is 6.27. The van der Waals surface area contributed by atoms with E-state index < -0.39 is 0 Å². The molecule has 1 aliphatic rings. The van der Waals surface area contributed by atoms with Crippen LogP contribution < -0.4 is 10.6 Å². The minimum absolute atomic E-state index is 0.769. The van der Waals surface area contributed by atoms with Gasteiger partial charge in [-0.05, 0) is 30.9 Å². The van der Waals surface area contributed by atoms with Gasteiger partial charge in [-0.25, -0.2) is 4.98 Å². The first kappa shape index (κ1) is 8.35. The molecule has 3 nitrogen and oxygen atoms in total. The van der Waals surface area contributed by atoms with Gasteiger partial charge in [0.15, 0.2) is 5.82 Å². The predicted molar refractivity (Wildman–Crippen MR) is 54.6 cm³/mol. The SMILES string of the molecule is CN(CC1CC1)c1ncccc1N. The minimum Gasteiger partial charge on any atom is -0.396 e. The summed E-state index contributed by atoms with van der Waals surface area (Å²) in [6.45, 7) is 1.08. The van der Waals surface area contributed by atoms with Crippen LogP contribution in [0.25, 0.3) is 0 Å². The Morgan fingerprint density at radius 3 is 3.00 bits per heavy atom. The van der Waals surface area contributed by atoms with Crippen LogP contribution in [-0.2, 0) is 0 Å². The molecule has 70 valence electrons. The van der Waals surface area contributed by atoms with E-state index in [0.717, 1.165) is 24.0 Å². The quantitative estimate of drug-likeness (QED) is 0.761. The van der Waals surface area contributed by atoms with Crippen molar-refractivity contribution in [3.05, 3.63) is 18.3 Å². The lowest BCUT2D eigenvalue weighted by Crippen LogP contribution is -2.22. The fourth-order valence-electron chi connectivity index (χ4n) is 1.50. The largest absolute Gasteiger partial charge is 0.396 e. The maximum Gasteiger partial charge on any atom is 0.151 e. The van der Waals surface area contributed by atoms with Crippen molar-refractivity contribution < 1.29 is 0 Å². The second-order valence-electron chi connectivity index (χ2n) is 3.74. The van der Waals surface area contributed by atoms with E-state index in [4.69, 9.17) is 5.73 Å². The third-order valence-electron chi connectivity index (χ3n) is 2.41. The molecule has 1 fully saturated rings. The summed E-state index contributed by atoms with van der Waals surface area (Å²) in [5, 5.41) is 0. The topological polar surface area (TPSA) is 42.2 Å². The number of aromatic nitrogens is 1. The molecule has 0 unspecified atom stereocenters. The highest BCUT2D eigenvalue weighted by molar-refractivity contribution is 5.61. The van der Waals surface area contributed by atoms with Gasteiger partial charge in [0.25, 0.3) is 0 Å². The smallest absolute Gasteiger partial charge is 0.151 e. The monoisotopic (exact) mass is 177 g/mol. The standard InChI is InChI=1S/C10H15N3/c1-13(7-8-4-5-8)10-9(11)3-2-6-12-10/h2-3,6,8H,4-5,7,11H2,1H3. The molecule has 1 aliphatic carbocycles. The molecule has 2 rings (SSSR count). The number of nitrogens with two attached hydrogens (primary N) is 1. The van der Waals surface area contributed by atoms with Gasteiger partial charge in [0.1, 0.15) is 0 Å². The number of nitrogen functional groups attached to an aromatic ring is 1. The second kappa shape index (κ2) is 3.24. The maximum atomic E-state index is 5.81. The molecule has 0 spiro atoms. The highest BCUT2D eigenvalue weighted by Gasteiger charge is 2.23. The molecular weight excluding hydrogens is 162 g/mol. The van der Waals surface area contributed by atoms with Crippen LogP contribution in [0.15, 0.2) is 18.3 Å². The fraction of sp³-hybridized carbons (Fsp3) is 0.500. The van der Waals surface area contributed by atoms with Gasteiger partial charge >= 0.3 is 0 Å². The van der Waals surface area contributed by atoms with Crippen LogP contribution >= 0.6 is 0 Å². The number of rotatable bonds is 3. The lowest BCUT2D eigenvalue weighted by molar-refractivity contribution is 0.778. The molecule has 1 aromatic heterocycles. The third kappa shape index (κ3) is 1.91. The average molecular weight is 177 g/mol. The molecule has 0 aromatic carbocycles. The summed E-state index contributed by atoms with van der Waals surface area (Å²) in [5.74, 6) is 1.78. The molecule has 0 radical (unpaired) electrons. The third-order valence-corrected chi connectivity index (χ3v) is 2.41. The zero-order chi connectivity index (χ0) is 9.26. The van der Waals surface area contributed by atoms with Gasteiger partial charge in [-0.1, -0.05) is 0 Å². The molecule has 0 amide bonds. The van der Waals surface area contributed by atoms with Crippen molar-refractivity contribution in [2.75, 3.05) is 24.2 Å². The molecule has 1 saturated carbocycles. The Balaban J connectivity index is 2.09. The normalized spacial score (nSPS) is 15.8. The summed E-state index contributed by atoms with van der Waals surface area (Å²) in [6.07, 6.45) is 4.50. The average Bonchev–Trinajstić information content (AvgIpc) is 2.89. The summed E-state index contributed by atoms with van der Waals surface area (Å²) >= 11 is 0. The first-order valence-corrected chi connectivity index (χ1v) is 4.69. The Bertz CT molecular complexity index is 294. The van der Waals surface area contributed by atoms with E-state index >= 15 is 0 Å². The van der Waals surface area contributed by atoms with Crippen LogP contribution in [-0.4, -0.2) is 18.6 Å². The van der Waals surface area contributed by atoms with E-state index in [0.29, 0.717) is 0 Å². The van der Waals surface area contributed by atoms with Crippen LogP contribution in [0.5, 0.6) is 0 Å². The Morgan fingerprint density at radius 2 is 2.38 bits per heavy atom. The Hall–Kier alpha value is -1.25. The zero-order valence-corrected chi connectivity index (χ0v) is 7.90. The summed E-state index contributed by atoms with van der Waals surface area (Å²) in [7, 11) is 2.05. The van der Waals surface area contributed by atoms with Crippen LogP contribution in [0.1, 0.15) is 12.8 Å². The van der Waals surface area contributed by atoms with Gasteiger partial charge in [-0.3, -0.25) is 0 Å². The molecule has 0 bridgehead atoms. The van der Waals surface area contributed by atoms with Gasteiger partial charge in [0.05, 0.1) is 5.69 Å². The van der Waals surface area contributed by atoms with Crippen LogP contribution in [0.2, 0.25) is 0 Å². The molecule has 1 heterocycles. The van der Waals surface area contributed by atoms with Gasteiger partial charge < -0.3 is 10.6 Å². The number of pyridine rings is 1. The lowest BCUT2D eigenvalue weighted by Gasteiger charge is -2.18. The minimum atomic E-state index is 0.769. The molecule has 3 heteroatoms. The van der Waals surface area contributed by atoms with Gasteiger partial charge in [0, 0.05) is 19.8 Å². The van der Waals surface area contributed by atoms with Gasteiger partial charge in [-0.2, -0.15) is 0 Å². The van der Waals surface area contributed by atoms with Crippen LogP contribution in [0, 0.1) is 5.92 Å². The van der Waals surface area contributed by atoms with E-state index in [1.165, 1.54) is 12.8 Å². The Labute approximate surface area is 78.6 Å². The first-order valence-electron chi connectivity index (χ1n) is 4.69. The van der Waals surface area contributed by atoms with Crippen molar-refractivity contribution in [1.29, 1.82) is 0 Å². The van der Waals surface area contributed by atoms with Crippen molar-refractivity contribution >= 4 is 11.5 Å². The van der Waals surface area contributed by atoms with Gasteiger partial charge in [-0.15, -0.1) is 0 Å². The summed E-state index contributed by atoms with van der Waals surface area (Å²) in [5.41, 5.74) is 6.58. The van der Waals surface area contributed by atoms with Crippen molar-refractivity contribution in [2.45, 2.75) is 12.8 Å². The molecule has 0 aliphatic heterocycles. The molecular formula is C10H15N3.